The molecule has 2 N–H and O–H groups in total. The molecule has 0 aliphatic heterocycles. The van der Waals surface area contributed by atoms with Gasteiger partial charge in [0.2, 0.25) is 0 Å². The van der Waals surface area contributed by atoms with Gasteiger partial charge in [-0.15, -0.1) is 0 Å². The monoisotopic (exact) mass is 413 g/mol. The van der Waals surface area contributed by atoms with E-state index in [1.54, 1.807) is 7.11 Å². The first-order valence-electron chi connectivity index (χ1n) is 11.0. The molecule has 2 aromatic rings. The highest BCUT2D eigenvalue weighted by Crippen LogP contribution is 2.35. The largest absolute Gasteiger partial charge is 0.493 e. The average Bonchev–Trinajstić information content (AvgIpc) is 3.45. The molecule has 164 valence electrons. The van der Waals surface area contributed by atoms with Crippen LogP contribution in [0.1, 0.15) is 45.1 Å². The number of nitrogens with zero attached hydrogens (tertiary/aromatic N) is 3. The molecule has 0 radical (unpaired) electrons. The van der Waals surface area contributed by atoms with Gasteiger partial charge in [-0.3, -0.25) is 4.68 Å². The molecule has 0 spiro atoms. The van der Waals surface area contributed by atoms with Crippen molar-refractivity contribution >= 4 is 5.96 Å². The number of guanidine groups is 1. The van der Waals surface area contributed by atoms with E-state index < -0.39 is 0 Å². The summed E-state index contributed by atoms with van der Waals surface area (Å²) in [6.45, 7) is 7.30. The maximum Gasteiger partial charge on any atom is 0.191 e. The molecule has 1 aliphatic rings. The Hall–Kier alpha value is -2.70. The number of ether oxygens (including phenoxy) is 2. The number of nitrogens with one attached hydrogen (secondary N) is 2. The van der Waals surface area contributed by atoms with Crippen LogP contribution in [0, 0.1) is 5.92 Å². The van der Waals surface area contributed by atoms with Crippen molar-refractivity contribution in [3.05, 3.63) is 42.2 Å². The SMILES string of the molecule is CCNC(=NCc1cccc(OC)c1OC1CCCC1)NCC(C)Cn1cccn1. The van der Waals surface area contributed by atoms with E-state index in [1.165, 1.54) is 12.8 Å². The number of aliphatic imine (C=N–C) groups is 1. The molecule has 0 amide bonds. The third-order valence-electron chi connectivity index (χ3n) is 5.29. The molecule has 7 nitrogen and oxygen atoms in total. The minimum Gasteiger partial charge on any atom is -0.493 e. The number of para-hydroxylation sites is 1. The quantitative estimate of drug-likeness (QED) is 0.460. The number of hydrogen-bond acceptors (Lipinski definition) is 4. The molecule has 1 atom stereocenters. The first-order chi connectivity index (χ1) is 14.7. The van der Waals surface area contributed by atoms with Gasteiger partial charge in [0.15, 0.2) is 17.5 Å². The van der Waals surface area contributed by atoms with Crippen LogP contribution in [-0.2, 0) is 13.1 Å². The van der Waals surface area contributed by atoms with E-state index in [4.69, 9.17) is 14.5 Å². The fourth-order valence-electron chi connectivity index (χ4n) is 3.72. The van der Waals surface area contributed by atoms with Crippen molar-refractivity contribution in [3.8, 4) is 11.5 Å². The first-order valence-corrected chi connectivity index (χ1v) is 11.0. The Morgan fingerprint density at radius 2 is 2.10 bits per heavy atom. The molecular weight excluding hydrogens is 378 g/mol. The van der Waals surface area contributed by atoms with E-state index in [2.05, 4.69) is 35.6 Å². The van der Waals surface area contributed by atoms with Crippen molar-refractivity contribution in [1.29, 1.82) is 0 Å². The average molecular weight is 414 g/mol. The summed E-state index contributed by atoms with van der Waals surface area (Å²) in [5, 5.41) is 11.1. The number of rotatable bonds is 10. The van der Waals surface area contributed by atoms with Gasteiger partial charge < -0.3 is 20.1 Å². The van der Waals surface area contributed by atoms with E-state index in [0.717, 1.165) is 55.5 Å². The second-order valence-corrected chi connectivity index (χ2v) is 7.88. The molecule has 1 aliphatic carbocycles. The molecule has 1 aromatic heterocycles. The minimum atomic E-state index is 0.276. The summed E-state index contributed by atoms with van der Waals surface area (Å²) >= 11 is 0. The molecule has 7 heteroatoms. The topological polar surface area (TPSA) is 72.7 Å². The maximum absolute atomic E-state index is 6.33. The molecule has 1 aromatic carbocycles. The molecule has 1 heterocycles. The van der Waals surface area contributed by atoms with Gasteiger partial charge in [0, 0.05) is 37.6 Å². The summed E-state index contributed by atoms with van der Waals surface area (Å²) < 4.78 is 13.9. The lowest BCUT2D eigenvalue weighted by atomic mass is 10.1. The van der Waals surface area contributed by atoms with Crippen molar-refractivity contribution in [3.63, 3.8) is 0 Å². The van der Waals surface area contributed by atoms with Crippen molar-refractivity contribution < 1.29 is 9.47 Å². The van der Waals surface area contributed by atoms with E-state index in [9.17, 15) is 0 Å². The van der Waals surface area contributed by atoms with Gasteiger partial charge in [0.1, 0.15) is 0 Å². The van der Waals surface area contributed by atoms with E-state index in [1.807, 2.05) is 35.3 Å². The Kier molecular flexibility index (Phi) is 8.41. The van der Waals surface area contributed by atoms with Crippen molar-refractivity contribution in [2.45, 2.75) is 58.7 Å². The van der Waals surface area contributed by atoms with E-state index >= 15 is 0 Å². The molecule has 0 saturated heterocycles. The lowest BCUT2D eigenvalue weighted by Crippen LogP contribution is -2.40. The van der Waals surface area contributed by atoms with Crippen LogP contribution < -0.4 is 20.1 Å². The van der Waals surface area contributed by atoms with Crippen LogP contribution in [0.15, 0.2) is 41.7 Å². The van der Waals surface area contributed by atoms with Gasteiger partial charge >= 0.3 is 0 Å². The first kappa shape index (κ1) is 22.0. The summed E-state index contributed by atoms with van der Waals surface area (Å²) in [5.74, 6) is 2.84. The minimum absolute atomic E-state index is 0.276. The number of methoxy groups -OCH3 is 1. The maximum atomic E-state index is 6.33. The predicted molar refractivity (Wildman–Crippen MR) is 120 cm³/mol. The highest BCUT2D eigenvalue weighted by atomic mass is 16.5. The number of aromatic nitrogens is 2. The molecule has 0 bridgehead atoms. The van der Waals surface area contributed by atoms with Crippen LogP contribution in [0.3, 0.4) is 0 Å². The number of hydrogen-bond donors (Lipinski definition) is 2. The standard InChI is InChI=1S/C23H35N5O2/c1-4-24-23(25-15-18(2)17-28-14-8-13-27-28)26-16-19-9-7-12-21(29-3)22(19)30-20-10-5-6-11-20/h7-9,12-14,18,20H,4-6,10-11,15-17H2,1-3H3,(H2,24,25,26). The van der Waals surface area contributed by atoms with Crippen LogP contribution in [-0.4, -0.2) is 42.0 Å². The third kappa shape index (κ3) is 6.40. The van der Waals surface area contributed by atoms with Gasteiger partial charge in [0.05, 0.1) is 19.8 Å². The van der Waals surface area contributed by atoms with Gasteiger partial charge in [-0.2, -0.15) is 5.10 Å². The van der Waals surface area contributed by atoms with Crippen LogP contribution in [0.4, 0.5) is 0 Å². The number of benzene rings is 1. The summed E-state index contributed by atoms with van der Waals surface area (Å²) in [4.78, 5) is 4.80. The molecule has 1 unspecified atom stereocenters. The predicted octanol–water partition coefficient (Wildman–Crippen LogP) is 3.60. The highest BCUT2D eigenvalue weighted by Gasteiger charge is 2.20. The van der Waals surface area contributed by atoms with Gasteiger partial charge in [-0.1, -0.05) is 19.1 Å². The Bertz CT molecular complexity index is 785. The Morgan fingerprint density at radius 3 is 2.80 bits per heavy atom. The lowest BCUT2D eigenvalue weighted by molar-refractivity contribution is 0.198. The zero-order chi connectivity index (χ0) is 21.2. The van der Waals surface area contributed by atoms with Crippen molar-refractivity contribution in [2.75, 3.05) is 20.2 Å². The van der Waals surface area contributed by atoms with Crippen LogP contribution in [0.2, 0.25) is 0 Å². The van der Waals surface area contributed by atoms with Crippen molar-refractivity contribution in [2.24, 2.45) is 10.9 Å². The summed E-state index contributed by atoms with van der Waals surface area (Å²) in [6, 6.07) is 7.97. The van der Waals surface area contributed by atoms with E-state index in [-0.39, 0.29) is 6.10 Å². The Morgan fingerprint density at radius 1 is 1.27 bits per heavy atom. The van der Waals surface area contributed by atoms with Gasteiger partial charge in [-0.25, -0.2) is 4.99 Å². The molecule has 3 rings (SSSR count). The van der Waals surface area contributed by atoms with Crippen molar-refractivity contribution in [1.82, 2.24) is 20.4 Å². The zero-order valence-electron chi connectivity index (χ0n) is 18.4. The van der Waals surface area contributed by atoms with E-state index in [0.29, 0.717) is 12.5 Å². The smallest absolute Gasteiger partial charge is 0.191 e. The summed E-state index contributed by atoms with van der Waals surface area (Å²) in [5.41, 5.74) is 1.04. The summed E-state index contributed by atoms with van der Waals surface area (Å²) in [7, 11) is 1.69. The Balaban J connectivity index is 1.64. The fourth-order valence-corrected chi connectivity index (χ4v) is 3.72. The molecule has 1 saturated carbocycles. The van der Waals surface area contributed by atoms with Crippen LogP contribution in [0.25, 0.3) is 0 Å². The fraction of sp³-hybridized carbons (Fsp3) is 0.565. The Labute approximate surface area is 179 Å². The molecule has 30 heavy (non-hydrogen) atoms. The van der Waals surface area contributed by atoms with Crippen LogP contribution in [0.5, 0.6) is 11.5 Å². The summed E-state index contributed by atoms with van der Waals surface area (Å²) in [6.07, 6.45) is 8.77. The molecule has 1 fully saturated rings. The van der Waals surface area contributed by atoms with Gasteiger partial charge in [-0.05, 0) is 50.7 Å². The second kappa shape index (κ2) is 11.5. The zero-order valence-corrected chi connectivity index (χ0v) is 18.4. The van der Waals surface area contributed by atoms with Gasteiger partial charge in [0.25, 0.3) is 0 Å². The highest BCUT2D eigenvalue weighted by molar-refractivity contribution is 5.79. The lowest BCUT2D eigenvalue weighted by Gasteiger charge is -2.19. The second-order valence-electron chi connectivity index (χ2n) is 7.88. The molecular formula is C23H35N5O2. The van der Waals surface area contributed by atoms with Crippen LogP contribution >= 0.6 is 0 Å². The third-order valence-corrected chi connectivity index (χ3v) is 5.29. The normalized spacial score (nSPS) is 15.8.